The molecule has 15 atom stereocenters. The third-order valence-electron chi connectivity index (χ3n) is 14.6. The molecule has 0 bridgehead atoms. The number of rotatable bonds is 18. The van der Waals surface area contributed by atoms with Gasteiger partial charge >= 0.3 is 11.9 Å². The summed E-state index contributed by atoms with van der Waals surface area (Å²) >= 11 is 0. The molecule has 0 amide bonds. The zero-order valence-corrected chi connectivity index (χ0v) is 41.2. The highest BCUT2D eigenvalue weighted by molar-refractivity contribution is 5.72. The number of hydrogen-bond donors (Lipinski definition) is 10. The molecule has 2 saturated carbocycles. The molecule has 0 spiro atoms. The first-order valence-corrected chi connectivity index (χ1v) is 25.9. The highest BCUT2D eigenvalue weighted by Gasteiger charge is 2.53. The number of ether oxygens (including phenoxy) is 6. The molecule has 3 aliphatic heterocycles. The van der Waals surface area contributed by atoms with Crippen LogP contribution < -0.4 is 21.3 Å². The van der Waals surface area contributed by atoms with Gasteiger partial charge in [-0.25, -0.2) is 4.79 Å². The molecule has 3 saturated heterocycles. The molecule has 1 aromatic rings. The third-order valence-corrected chi connectivity index (χ3v) is 14.6. The Labute approximate surface area is 408 Å². The molecular weight excluding hydrogens is 895 g/mol. The second kappa shape index (κ2) is 28.7. The Hall–Kier alpha value is -2.44. The van der Waals surface area contributed by atoms with Gasteiger partial charge in [0.1, 0.15) is 36.6 Å². The summed E-state index contributed by atoms with van der Waals surface area (Å²) in [5.74, 6) is -2.04. The largest absolute Gasteiger partial charge is 0.479 e. The Kier molecular flexibility index (Phi) is 23.2. The van der Waals surface area contributed by atoms with Crippen LogP contribution in [0.25, 0.3) is 0 Å². The molecule has 19 nitrogen and oxygen atoms in total. The summed E-state index contributed by atoms with van der Waals surface area (Å²) in [6.45, 7) is 14.3. The first-order valence-electron chi connectivity index (χ1n) is 25.9. The van der Waals surface area contributed by atoms with Crippen LogP contribution in [-0.4, -0.2) is 199 Å². The minimum absolute atomic E-state index is 0.0415. The number of carbonyl (C=O) groups excluding carboxylic acids is 1. The highest BCUT2D eigenvalue weighted by atomic mass is 16.7. The van der Waals surface area contributed by atoms with E-state index in [1.54, 1.807) is 6.92 Å². The van der Waals surface area contributed by atoms with Crippen LogP contribution in [0.2, 0.25) is 0 Å². The maximum absolute atomic E-state index is 12.7. The van der Waals surface area contributed by atoms with Gasteiger partial charge in [-0.05, 0) is 114 Å². The van der Waals surface area contributed by atoms with Crippen molar-refractivity contribution in [2.75, 3.05) is 72.1 Å². The van der Waals surface area contributed by atoms with Gasteiger partial charge in [-0.1, -0.05) is 63.3 Å². The van der Waals surface area contributed by atoms with Crippen molar-refractivity contribution in [1.29, 1.82) is 0 Å². The number of aliphatic hydroxyl groups is 5. The Balaban J connectivity index is 1.11. The first-order chi connectivity index (χ1) is 33.3. The summed E-state index contributed by atoms with van der Waals surface area (Å²) in [7, 11) is 0. The fourth-order valence-corrected chi connectivity index (χ4v) is 10.7. The van der Waals surface area contributed by atoms with Crippen molar-refractivity contribution in [2.24, 2.45) is 17.8 Å². The van der Waals surface area contributed by atoms with Gasteiger partial charge in [0.2, 0.25) is 0 Å². The van der Waals surface area contributed by atoms with Crippen LogP contribution in [0.3, 0.4) is 0 Å². The molecular formula is C50H85N5O14. The summed E-state index contributed by atoms with van der Waals surface area (Å²) in [6, 6.07) is 8.85. The maximum atomic E-state index is 12.7. The van der Waals surface area contributed by atoms with Crippen LogP contribution in [0.5, 0.6) is 0 Å². The highest BCUT2D eigenvalue weighted by Crippen LogP contribution is 2.39. The predicted octanol–water partition coefficient (Wildman–Crippen LogP) is 0.646. The summed E-state index contributed by atoms with van der Waals surface area (Å²) in [6.07, 6.45) is -7.69. The maximum Gasteiger partial charge on any atom is 0.332 e. The van der Waals surface area contributed by atoms with Crippen LogP contribution in [0, 0.1) is 17.8 Å². The van der Waals surface area contributed by atoms with Crippen LogP contribution in [0.4, 0.5) is 0 Å². The quantitative estimate of drug-likeness (QED) is 0.0715. The normalized spacial score (nSPS) is 35.7. The molecule has 6 rings (SSSR count). The van der Waals surface area contributed by atoms with E-state index in [-0.39, 0.29) is 24.2 Å². The zero-order valence-electron chi connectivity index (χ0n) is 41.2. The number of benzene rings is 1. The molecule has 394 valence electrons. The lowest BCUT2D eigenvalue weighted by atomic mass is 9.78. The van der Waals surface area contributed by atoms with Gasteiger partial charge in [0.15, 0.2) is 24.8 Å². The Morgan fingerprint density at radius 2 is 1.45 bits per heavy atom. The van der Waals surface area contributed by atoms with Gasteiger partial charge in [0.05, 0.1) is 24.9 Å². The van der Waals surface area contributed by atoms with Gasteiger partial charge < -0.3 is 80.3 Å². The molecule has 19 heteroatoms. The van der Waals surface area contributed by atoms with E-state index in [1.807, 2.05) is 6.92 Å². The van der Waals surface area contributed by atoms with E-state index in [0.29, 0.717) is 19.4 Å². The number of aliphatic carboxylic acids is 1. The van der Waals surface area contributed by atoms with E-state index in [9.17, 15) is 40.2 Å². The van der Waals surface area contributed by atoms with Crippen LogP contribution in [0.15, 0.2) is 24.3 Å². The average molecular weight is 980 g/mol. The number of nitrogens with zero attached hydrogens (tertiary/aromatic N) is 1. The molecule has 0 radical (unpaired) electrons. The molecule has 2 aliphatic carbocycles. The van der Waals surface area contributed by atoms with E-state index in [0.717, 1.165) is 117 Å². The second-order valence-electron chi connectivity index (χ2n) is 20.2. The molecule has 69 heavy (non-hydrogen) atoms. The lowest BCUT2D eigenvalue weighted by Gasteiger charge is -2.48. The van der Waals surface area contributed by atoms with Gasteiger partial charge in [-0.2, -0.15) is 0 Å². The second-order valence-corrected chi connectivity index (χ2v) is 20.2. The lowest BCUT2D eigenvalue weighted by Crippen LogP contribution is -2.64. The molecule has 10 N–H and O–H groups in total. The number of nitrogens with one attached hydrogen (secondary N) is 4. The molecule has 5 fully saturated rings. The van der Waals surface area contributed by atoms with E-state index < -0.39 is 98.3 Å². The van der Waals surface area contributed by atoms with Gasteiger partial charge in [0, 0.05) is 39.6 Å². The summed E-state index contributed by atoms with van der Waals surface area (Å²) in [5, 5.41) is 78.5. The Morgan fingerprint density at radius 1 is 0.754 bits per heavy atom. The number of carboxylic acids is 1. The molecule has 1 aromatic carbocycles. The van der Waals surface area contributed by atoms with Crippen molar-refractivity contribution < 1.29 is 68.6 Å². The van der Waals surface area contributed by atoms with Crippen molar-refractivity contribution in [3.63, 3.8) is 0 Å². The number of esters is 1. The minimum Gasteiger partial charge on any atom is -0.479 e. The number of hydrogen-bond acceptors (Lipinski definition) is 18. The average Bonchev–Trinajstić information content (AvgIpc) is 3.33. The fraction of sp³-hybridized carbons (Fsp3) is 0.840. The Bertz CT molecular complexity index is 1630. The predicted molar refractivity (Wildman–Crippen MR) is 255 cm³/mol. The Morgan fingerprint density at radius 3 is 2.14 bits per heavy atom. The van der Waals surface area contributed by atoms with E-state index in [2.05, 4.69) is 50.4 Å². The molecule has 5 aliphatic rings. The molecule has 3 heterocycles. The zero-order chi connectivity index (χ0) is 49.3. The molecule has 0 aromatic heterocycles. The van der Waals surface area contributed by atoms with Crippen molar-refractivity contribution >= 4 is 11.9 Å². The van der Waals surface area contributed by atoms with Crippen molar-refractivity contribution in [3.8, 4) is 0 Å². The van der Waals surface area contributed by atoms with Crippen molar-refractivity contribution in [2.45, 2.75) is 178 Å². The van der Waals surface area contributed by atoms with E-state index >= 15 is 0 Å². The van der Waals surface area contributed by atoms with Crippen LogP contribution >= 0.6 is 0 Å². The fourth-order valence-electron chi connectivity index (χ4n) is 10.7. The SMILES string of the molecule is CC(=O)OC1C(OC2CC(CNCCc3ccc(CN4CCCNCCNCCCNCC4)cc3)CC(C)C2OC2OC(C)C(O)C(O)C2O)OC(CO)C(O)C1O[C@@H](CC1CCCCC1)C(=O)O. The van der Waals surface area contributed by atoms with Gasteiger partial charge in [-0.15, -0.1) is 0 Å². The first kappa shape index (κ1) is 55.9. The topological polar surface area (TPSA) is 262 Å². The minimum atomic E-state index is -1.58. The molecule has 14 unspecified atom stereocenters. The van der Waals surface area contributed by atoms with Gasteiger partial charge in [0.25, 0.3) is 0 Å². The van der Waals surface area contributed by atoms with E-state index in [4.69, 9.17) is 28.4 Å². The smallest absolute Gasteiger partial charge is 0.332 e. The summed E-state index contributed by atoms with van der Waals surface area (Å²) < 4.78 is 37.1. The monoisotopic (exact) mass is 980 g/mol. The van der Waals surface area contributed by atoms with Crippen LogP contribution in [-0.2, 0) is 51.0 Å². The van der Waals surface area contributed by atoms with Crippen molar-refractivity contribution in [3.05, 3.63) is 35.4 Å². The van der Waals surface area contributed by atoms with E-state index in [1.165, 1.54) is 18.1 Å². The summed E-state index contributed by atoms with van der Waals surface area (Å²) in [4.78, 5) is 27.9. The summed E-state index contributed by atoms with van der Waals surface area (Å²) in [5.41, 5.74) is 2.50. The lowest BCUT2D eigenvalue weighted by molar-refractivity contribution is -0.350. The van der Waals surface area contributed by atoms with Crippen molar-refractivity contribution in [1.82, 2.24) is 26.2 Å². The van der Waals surface area contributed by atoms with Gasteiger partial charge in [-0.3, -0.25) is 9.69 Å². The number of carboxylic acid groups (broad SMARTS) is 1. The van der Waals surface area contributed by atoms with Crippen LogP contribution in [0.1, 0.15) is 96.1 Å². The number of aliphatic hydroxyl groups excluding tert-OH is 5. The standard InChI is InChI=1S/C50H85N5O14/c1-31-25-37(28-54-19-15-34-11-13-36(14-12-34)29-55-23-8-18-52-21-20-51-16-7-17-53-22-24-55)27-38(45(31)69-49-44(61)43(60)41(58)32(2)64-49)67-50-47(65-33(3)57)46(42(59)40(30-56)68-50)66-39(48(62)63)26-35-9-5-4-6-10-35/h11-14,31-32,35,37-47,49-54,56,58-61H,4-10,15-30H2,1-3H3,(H,62,63)/t31?,32?,37?,38?,39-,40?,41?,42?,43?,44?,45?,46?,47?,49?,50?/m0/s1. The third kappa shape index (κ3) is 17.1. The number of carbonyl (C=O) groups is 2.